The predicted octanol–water partition coefficient (Wildman–Crippen LogP) is 3.47. The Balaban J connectivity index is 1.61. The molecule has 0 bridgehead atoms. The van der Waals surface area contributed by atoms with E-state index in [2.05, 4.69) is 4.98 Å². The van der Waals surface area contributed by atoms with Crippen molar-refractivity contribution < 1.29 is 9.59 Å². The largest absolute Gasteiger partial charge is 0.341 e. The number of carbonyl (C=O) groups excluding carboxylic acids is 2. The van der Waals surface area contributed by atoms with E-state index in [-0.39, 0.29) is 11.8 Å². The summed E-state index contributed by atoms with van der Waals surface area (Å²) in [4.78, 5) is 40.1. The second-order valence-corrected chi connectivity index (χ2v) is 8.92. The number of rotatable bonds is 6. The minimum atomic E-state index is -0.406. The quantitative estimate of drug-likeness (QED) is 0.579. The van der Waals surface area contributed by atoms with Gasteiger partial charge < -0.3 is 9.80 Å². The van der Waals surface area contributed by atoms with Crippen LogP contribution in [-0.4, -0.2) is 67.0 Å². The number of aromatic nitrogens is 4. The Labute approximate surface area is 193 Å². The fraction of sp³-hybridized carbons (Fsp3) is 0.480. The van der Waals surface area contributed by atoms with Crippen molar-refractivity contribution in [1.82, 2.24) is 29.5 Å². The van der Waals surface area contributed by atoms with Gasteiger partial charge in [-0.25, -0.2) is 9.97 Å². The van der Waals surface area contributed by atoms with Gasteiger partial charge >= 0.3 is 0 Å². The molecule has 2 fully saturated rings. The summed E-state index contributed by atoms with van der Waals surface area (Å²) in [7, 11) is 0. The van der Waals surface area contributed by atoms with E-state index in [0.29, 0.717) is 49.0 Å². The number of carbonyl (C=O) groups is 2. The van der Waals surface area contributed by atoms with Crippen LogP contribution in [0.15, 0.2) is 30.5 Å². The van der Waals surface area contributed by atoms with Gasteiger partial charge in [0.15, 0.2) is 11.5 Å². The van der Waals surface area contributed by atoms with Crippen LogP contribution in [0, 0.1) is 6.92 Å². The SMILES string of the molecule is CCN(CC)C(=O)C1CCCN1C(=O)c1cc(C2CC2)nc2c1c(C)nn2-c1ccccn1. The molecule has 0 spiro atoms. The van der Waals surface area contributed by atoms with Gasteiger partial charge in [0.25, 0.3) is 5.91 Å². The average Bonchev–Trinajstić information content (AvgIpc) is 3.48. The molecular formula is C25H30N6O2. The molecule has 2 aliphatic rings. The topological polar surface area (TPSA) is 84.2 Å². The summed E-state index contributed by atoms with van der Waals surface area (Å²) in [6, 6.07) is 7.20. The standard InChI is InChI=1S/C25H30N6O2/c1-4-29(5-2)25(33)20-9-8-14-30(20)24(32)18-15-19(17-11-12-17)27-23-22(18)16(3)28-31(23)21-10-6-7-13-26-21/h6-7,10,13,15,17,20H,4-5,8-9,11-12,14H2,1-3H3. The van der Waals surface area contributed by atoms with E-state index >= 15 is 0 Å². The smallest absolute Gasteiger partial charge is 0.255 e. The third-order valence-electron chi connectivity index (χ3n) is 6.80. The van der Waals surface area contributed by atoms with Crippen LogP contribution in [0.5, 0.6) is 0 Å². The van der Waals surface area contributed by atoms with Crippen molar-refractivity contribution >= 4 is 22.8 Å². The zero-order valence-corrected chi connectivity index (χ0v) is 19.5. The summed E-state index contributed by atoms with van der Waals surface area (Å²) in [6.07, 6.45) is 5.42. The molecule has 172 valence electrons. The van der Waals surface area contributed by atoms with Crippen molar-refractivity contribution in [1.29, 1.82) is 0 Å². The molecule has 33 heavy (non-hydrogen) atoms. The zero-order chi connectivity index (χ0) is 23.1. The Hall–Kier alpha value is -3.29. The van der Waals surface area contributed by atoms with Crippen molar-refractivity contribution in [3.05, 3.63) is 47.4 Å². The van der Waals surface area contributed by atoms with Gasteiger partial charge in [0, 0.05) is 37.4 Å². The van der Waals surface area contributed by atoms with E-state index in [4.69, 9.17) is 10.1 Å². The van der Waals surface area contributed by atoms with Gasteiger partial charge in [-0.3, -0.25) is 9.59 Å². The van der Waals surface area contributed by atoms with Crippen LogP contribution in [-0.2, 0) is 4.79 Å². The van der Waals surface area contributed by atoms with Crippen LogP contribution in [0.4, 0.5) is 0 Å². The second kappa shape index (κ2) is 8.57. The Kier molecular flexibility index (Phi) is 5.60. The minimum Gasteiger partial charge on any atom is -0.341 e. The normalized spacial score (nSPS) is 18.2. The van der Waals surface area contributed by atoms with Crippen molar-refractivity contribution in [2.45, 2.75) is 58.4 Å². The lowest BCUT2D eigenvalue weighted by atomic mass is 10.1. The van der Waals surface area contributed by atoms with E-state index in [1.807, 2.05) is 49.9 Å². The lowest BCUT2D eigenvalue weighted by molar-refractivity contribution is -0.134. The van der Waals surface area contributed by atoms with E-state index in [9.17, 15) is 9.59 Å². The maximum atomic E-state index is 13.9. The van der Waals surface area contributed by atoms with Crippen molar-refractivity contribution in [2.24, 2.45) is 0 Å². The fourth-order valence-corrected chi connectivity index (χ4v) is 4.87. The number of fused-ring (bicyclic) bond motifs is 1. The number of hydrogen-bond acceptors (Lipinski definition) is 5. The van der Waals surface area contributed by atoms with Crippen LogP contribution < -0.4 is 0 Å². The molecular weight excluding hydrogens is 416 g/mol. The summed E-state index contributed by atoms with van der Waals surface area (Å²) in [6.45, 7) is 7.74. The number of amides is 2. The molecule has 0 N–H and O–H groups in total. The first-order chi connectivity index (χ1) is 16.0. The van der Waals surface area contributed by atoms with Gasteiger partial charge in [-0.2, -0.15) is 9.78 Å². The fourth-order valence-electron chi connectivity index (χ4n) is 4.87. The van der Waals surface area contributed by atoms with Crippen LogP contribution in [0.2, 0.25) is 0 Å². The van der Waals surface area contributed by atoms with Crippen molar-refractivity contribution in [3.63, 3.8) is 0 Å². The van der Waals surface area contributed by atoms with Gasteiger partial charge in [-0.1, -0.05) is 6.07 Å². The van der Waals surface area contributed by atoms with Gasteiger partial charge in [-0.05, 0) is 64.7 Å². The molecule has 1 saturated carbocycles. The molecule has 3 aromatic rings. The molecule has 1 aliphatic carbocycles. The summed E-state index contributed by atoms with van der Waals surface area (Å²) < 4.78 is 1.73. The lowest BCUT2D eigenvalue weighted by Crippen LogP contribution is -2.47. The van der Waals surface area contributed by atoms with Crippen molar-refractivity contribution in [3.8, 4) is 5.82 Å². The highest BCUT2D eigenvalue weighted by Crippen LogP contribution is 2.41. The second-order valence-electron chi connectivity index (χ2n) is 8.92. The Morgan fingerprint density at radius 1 is 1.15 bits per heavy atom. The lowest BCUT2D eigenvalue weighted by Gasteiger charge is -2.29. The zero-order valence-electron chi connectivity index (χ0n) is 19.5. The molecule has 1 atom stereocenters. The third-order valence-corrected chi connectivity index (χ3v) is 6.80. The maximum Gasteiger partial charge on any atom is 0.255 e. The first kappa shape index (κ1) is 21.6. The van der Waals surface area contributed by atoms with Gasteiger partial charge in [0.05, 0.1) is 16.6 Å². The summed E-state index contributed by atoms with van der Waals surface area (Å²) in [5, 5.41) is 5.45. The molecule has 8 nitrogen and oxygen atoms in total. The number of hydrogen-bond donors (Lipinski definition) is 0. The van der Waals surface area contributed by atoms with E-state index in [0.717, 1.165) is 36.0 Å². The summed E-state index contributed by atoms with van der Waals surface area (Å²) in [5.74, 6) is 0.987. The van der Waals surface area contributed by atoms with Gasteiger partial charge in [0.2, 0.25) is 5.91 Å². The van der Waals surface area contributed by atoms with Crippen LogP contribution in [0.3, 0.4) is 0 Å². The molecule has 1 saturated heterocycles. The first-order valence-electron chi connectivity index (χ1n) is 11.9. The predicted molar refractivity (Wildman–Crippen MR) is 125 cm³/mol. The number of likely N-dealkylation sites (N-methyl/N-ethyl adjacent to an activating group) is 1. The highest BCUT2D eigenvalue weighted by molar-refractivity contribution is 6.08. The molecule has 3 aromatic heterocycles. The molecule has 2 amide bonds. The minimum absolute atomic E-state index is 0.0412. The van der Waals surface area contributed by atoms with E-state index < -0.39 is 6.04 Å². The molecule has 0 radical (unpaired) electrons. The first-order valence-corrected chi connectivity index (χ1v) is 11.9. The number of nitrogens with zero attached hydrogens (tertiary/aromatic N) is 6. The molecule has 1 aliphatic heterocycles. The molecule has 4 heterocycles. The van der Waals surface area contributed by atoms with E-state index in [1.54, 1.807) is 15.8 Å². The number of likely N-dealkylation sites (tertiary alicyclic amines) is 1. The van der Waals surface area contributed by atoms with E-state index in [1.165, 1.54) is 0 Å². The highest BCUT2D eigenvalue weighted by Gasteiger charge is 2.38. The van der Waals surface area contributed by atoms with Crippen LogP contribution in [0.1, 0.15) is 67.2 Å². The third kappa shape index (κ3) is 3.77. The Morgan fingerprint density at radius 2 is 1.94 bits per heavy atom. The van der Waals surface area contributed by atoms with Crippen LogP contribution in [0.25, 0.3) is 16.9 Å². The number of pyridine rings is 2. The monoisotopic (exact) mass is 446 g/mol. The highest BCUT2D eigenvalue weighted by atomic mass is 16.2. The molecule has 8 heteroatoms. The number of aryl methyl sites for hydroxylation is 1. The van der Waals surface area contributed by atoms with Gasteiger partial charge in [-0.15, -0.1) is 0 Å². The molecule has 5 rings (SSSR count). The average molecular weight is 447 g/mol. The Morgan fingerprint density at radius 3 is 2.61 bits per heavy atom. The van der Waals surface area contributed by atoms with Crippen LogP contribution >= 0.6 is 0 Å². The summed E-state index contributed by atoms with van der Waals surface area (Å²) >= 11 is 0. The molecule has 0 aromatic carbocycles. The Bertz CT molecular complexity index is 1200. The van der Waals surface area contributed by atoms with Crippen molar-refractivity contribution in [2.75, 3.05) is 19.6 Å². The molecule has 1 unspecified atom stereocenters. The maximum absolute atomic E-state index is 13.9. The van der Waals surface area contributed by atoms with Gasteiger partial charge in [0.1, 0.15) is 6.04 Å². The summed E-state index contributed by atoms with van der Waals surface area (Å²) in [5.41, 5.74) is 2.92.